The summed E-state index contributed by atoms with van der Waals surface area (Å²) in [6.45, 7) is 0.724. The summed E-state index contributed by atoms with van der Waals surface area (Å²) < 4.78 is 5.47. The van der Waals surface area contributed by atoms with Crippen molar-refractivity contribution in [3.63, 3.8) is 0 Å². The van der Waals surface area contributed by atoms with Gasteiger partial charge in [0, 0.05) is 18.5 Å². The van der Waals surface area contributed by atoms with Crippen LogP contribution in [0.3, 0.4) is 0 Å². The standard InChI is InChI=1S/C12H20ClNO2/c13-8-9-4-3-5-10(9)14-12(15)11-6-1-2-7-16-11/h9-11H,1-8H2,(H,14,15). The molecule has 2 rings (SSSR count). The van der Waals surface area contributed by atoms with Gasteiger partial charge in [0.05, 0.1) is 0 Å². The molecule has 1 saturated carbocycles. The number of carbonyl (C=O) groups is 1. The van der Waals surface area contributed by atoms with Crippen molar-refractivity contribution in [2.24, 2.45) is 5.92 Å². The highest BCUT2D eigenvalue weighted by atomic mass is 35.5. The van der Waals surface area contributed by atoms with Gasteiger partial charge < -0.3 is 10.1 Å². The van der Waals surface area contributed by atoms with E-state index in [4.69, 9.17) is 16.3 Å². The highest BCUT2D eigenvalue weighted by molar-refractivity contribution is 6.18. The van der Waals surface area contributed by atoms with Crippen molar-refractivity contribution in [3.05, 3.63) is 0 Å². The molecule has 0 aromatic carbocycles. The number of carbonyl (C=O) groups excluding carboxylic acids is 1. The van der Waals surface area contributed by atoms with Gasteiger partial charge in [-0.3, -0.25) is 4.79 Å². The van der Waals surface area contributed by atoms with E-state index in [0.717, 1.165) is 38.7 Å². The Morgan fingerprint density at radius 2 is 2.12 bits per heavy atom. The number of ether oxygens (including phenoxy) is 1. The van der Waals surface area contributed by atoms with Crippen LogP contribution in [0.15, 0.2) is 0 Å². The SMILES string of the molecule is O=C(NC1CCCC1CCl)C1CCCCO1. The Balaban J connectivity index is 1.81. The van der Waals surface area contributed by atoms with E-state index in [0.29, 0.717) is 11.8 Å². The molecule has 1 heterocycles. The van der Waals surface area contributed by atoms with E-state index < -0.39 is 0 Å². The Kier molecular flexibility index (Phi) is 4.47. The van der Waals surface area contributed by atoms with Crippen molar-refractivity contribution in [2.75, 3.05) is 12.5 Å². The lowest BCUT2D eigenvalue weighted by Gasteiger charge is -2.25. The summed E-state index contributed by atoms with van der Waals surface area (Å²) in [6, 6.07) is 0.274. The summed E-state index contributed by atoms with van der Waals surface area (Å²) >= 11 is 5.89. The normalized spacial score (nSPS) is 34.9. The van der Waals surface area contributed by atoms with Gasteiger partial charge in [0.25, 0.3) is 0 Å². The first kappa shape index (κ1) is 12.2. The van der Waals surface area contributed by atoms with Crippen LogP contribution in [0, 0.1) is 5.92 Å². The summed E-state index contributed by atoms with van der Waals surface area (Å²) in [5, 5.41) is 3.10. The van der Waals surface area contributed by atoms with Crippen LogP contribution in [0.2, 0.25) is 0 Å². The number of hydrogen-bond acceptors (Lipinski definition) is 2. The molecule has 4 heteroatoms. The van der Waals surface area contributed by atoms with E-state index in [2.05, 4.69) is 5.32 Å². The Morgan fingerprint density at radius 1 is 1.25 bits per heavy atom. The number of alkyl halides is 1. The molecular weight excluding hydrogens is 226 g/mol. The maximum Gasteiger partial charge on any atom is 0.249 e. The van der Waals surface area contributed by atoms with Gasteiger partial charge in [0.15, 0.2) is 0 Å². The summed E-state index contributed by atoms with van der Waals surface area (Å²) in [5.41, 5.74) is 0. The highest BCUT2D eigenvalue weighted by Gasteiger charge is 2.30. The topological polar surface area (TPSA) is 38.3 Å². The number of hydrogen-bond donors (Lipinski definition) is 1. The molecule has 3 unspecified atom stereocenters. The molecule has 92 valence electrons. The van der Waals surface area contributed by atoms with Crippen LogP contribution < -0.4 is 5.32 Å². The molecule has 1 aliphatic carbocycles. The van der Waals surface area contributed by atoms with Crippen molar-refractivity contribution in [3.8, 4) is 0 Å². The Labute approximate surface area is 102 Å². The molecule has 1 amide bonds. The lowest BCUT2D eigenvalue weighted by Crippen LogP contribution is -2.45. The highest BCUT2D eigenvalue weighted by Crippen LogP contribution is 2.27. The van der Waals surface area contributed by atoms with Crippen molar-refractivity contribution in [1.29, 1.82) is 0 Å². The zero-order valence-electron chi connectivity index (χ0n) is 9.58. The average molecular weight is 246 g/mol. The quantitative estimate of drug-likeness (QED) is 0.774. The van der Waals surface area contributed by atoms with E-state index in [9.17, 15) is 4.79 Å². The van der Waals surface area contributed by atoms with Gasteiger partial charge >= 0.3 is 0 Å². The molecule has 0 spiro atoms. The third kappa shape index (κ3) is 2.89. The van der Waals surface area contributed by atoms with Crippen molar-refractivity contribution < 1.29 is 9.53 Å². The monoisotopic (exact) mass is 245 g/mol. The minimum atomic E-state index is -0.217. The summed E-state index contributed by atoms with van der Waals surface area (Å²) in [4.78, 5) is 11.9. The smallest absolute Gasteiger partial charge is 0.249 e. The molecule has 1 saturated heterocycles. The molecule has 0 aromatic heterocycles. The fourth-order valence-electron chi connectivity index (χ4n) is 2.63. The molecule has 0 radical (unpaired) electrons. The molecule has 1 aliphatic heterocycles. The predicted octanol–water partition coefficient (Wildman–Crippen LogP) is 2.08. The zero-order chi connectivity index (χ0) is 11.4. The first-order valence-electron chi connectivity index (χ1n) is 6.29. The van der Waals surface area contributed by atoms with Crippen molar-refractivity contribution in [1.82, 2.24) is 5.32 Å². The van der Waals surface area contributed by atoms with Crippen LogP contribution in [0.25, 0.3) is 0 Å². The maximum atomic E-state index is 11.9. The summed E-state index contributed by atoms with van der Waals surface area (Å²) in [5.74, 6) is 1.17. The largest absolute Gasteiger partial charge is 0.368 e. The van der Waals surface area contributed by atoms with E-state index in [1.165, 1.54) is 6.42 Å². The predicted molar refractivity (Wildman–Crippen MR) is 63.6 cm³/mol. The second-order valence-electron chi connectivity index (χ2n) is 4.82. The molecular formula is C12H20ClNO2. The molecule has 3 nitrogen and oxygen atoms in total. The Bertz CT molecular complexity index is 241. The Hall–Kier alpha value is -0.280. The summed E-state index contributed by atoms with van der Waals surface area (Å²) in [6.07, 6.45) is 6.21. The fraction of sp³-hybridized carbons (Fsp3) is 0.917. The second-order valence-corrected chi connectivity index (χ2v) is 5.12. The molecule has 0 aromatic rings. The van der Waals surface area contributed by atoms with Gasteiger partial charge in [0.2, 0.25) is 5.91 Å². The maximum absolute atomic E-state index is 11.9. The van der Waals surface area contributed by atoms with E-state index in [1.807, 2.05) is 0 Å². The van der Waals surface area contributed by atoms with Gasteiger partial charge in [-0.05, 0) is 38.0 Å². The molecule has 0 bridgehead atoms. The van der Waals surface area contributed by atoms with Crippen LogP contribution in [0.1, 0.15) is 38.5 Å². The number of rotatable bonds is 3. The lowest BCUT2D eigenvalue weighted by molar-refractivity contribution is -0.136. The fourth-order valence-corrected chi connectivity index (χ4v) is 3.00. The molecule has 3 atom stereocenters. The minimum absolute atomic E-state index is 0.0710. The van der Waals surface area contributed by atoms with Gasteiger partial charge in [-0.25, -0.2) is 0 Å². The first-order valence-corrected chi connectivity index (χ1v) is 6.82. The van der Waals surface area contributed by atoms with Crippen molar-refractivity contribution >= 4 is 17.5 Å². The van der Waals surface area contributed by atoms with E-state index in [-0.39, 0.29) is 18.1 Å². The lowest BCUT2D eigenvalue weighted by atomic mass is 10.0. The van der Waals surface area contributed by atoms with Crippen LogP contribution in [-0.2, 0) is 9.53 Å². The summed E-state index contributed by atoms with van der Waals surface area (Å²) in [7, 11) is 0. The zero-order valence-corrected chi connectivity index (χ0v) is 10.3. The van der Waals surface area contributed by atoms with Gasteiger partial charge in [0.1, 0.15) is 6.10 Å². The van der Waals surface area contributed by atoms with Gasteiger partial charge in [-0.2, -0.15) is 0 Å². The van der Waals surface area contributed by atoms with Crippen LogP contribution >= 0.6 is 11.6 Å². The molecule has 1 N–H and O–H groups in total. The number of amides is 1. The van der Waals surface area contributed by atoms with Crippen LogP contribution in [0.4, 0.5) is 0 Å². The third-order valence-electron chi connectivity index (χ3n) is 3.66. The average Bonchev–Trinajstić information content (AvgIpc) is 2.77. The minimum Gasteiger partial charge on any atom is -0.368 e. The van der Waals surface area contributed by atoms with Gasteiger partial charge in [-0.1, -0.05) is 6.42 Å². The second kappa shape index (κ2) is 5.87. The number of nitrogens with one attached hydrogen (secondary N) is 1. The van der Waals surface area contributed by atoms with Gasteiger partial charge in [-0.15, -0.1) is 11.6 Å². The molecule has 2 aliphatic rings. The van der Waals surface area contributed by atoms with Crippen LogP contribution in [-0.4, -0.2) is 30.5 Å². The van der Waals surface area contributed by atoms with E-state index in [1.54, 1.807) is 0 Å². The first-order chi connectivity index (χ1) is 7.81. The van der Waals surface area contributed by atoms with Crippen LogP contribution in [0.5, 0.6) is 0 Å². The third-order valence-corrected chi connectivity index (χ3v) is 4.05. The number of halogens is 1. The Morgan fingerprint density at radius 3 is 2.81 bits per heavy atom. The molecule has 2 fully saturated rings. The molecule has 16 heavy (non-hydrogen) atoms. The van der Waals surface area contributed by atoms with Crippen molar-refractivity contribution in [2.45, 2.75) is 50.7 Å². The van der Waals surface area contributed by atoms with E-state index >= 15 is 0 Å².